The molecule has 2 N–H and O–H groups in total. The van der Waals surface area contributed by atoms with Crippen LogP contribution in [-0.2, 0) is 16.4 Å². The zero-order chi connectivity index (χ0) is 24.6. The van der Waals surface area contributed by atoms with Crippen molar-refractivity contribution in [3.05, 3.63) is 99.4 Å². The summed E-state index contributed by atoms with van der Waals surface area (Å²) in [5.74, 6) is 0.433. The van der Waals surface area contributed by atoms with Crippen LogP contribution in [0.15, 0.2) is 82.5 Å². The second-order valence-electron chi connectivity index (χ2n) is 8.81. The molecular formula is C26H25ClN4O3S. The first-order valence-electron chi connectivity index (χ1n) is 11.5. The Balaban J connectivity index is 1.44. The molecule has 35 heavy (non-hydrogen) atoms. The van der Waals surface area contributed by atoms with Gasteiger partial charge in [-0.1, -0.05) is 54.1 Å². The SMILES string of the molecule is N=c1c2ccccc2[nH]c(=O)n1-c1cc(S(=O)(=O)N2CCC(Cc3ccccc3)CC2)ccc1Cl. The van der Waals surface area contributed by atoms with Gasteiger partial charge in [0.1, 0.15) is 5.49 Å². The molecule has 2 heterocycles. The van der Waals surface area contributed by atoms with Gasteiger partial charge in [0, 0.05) is 18.5 Å². The normalized spacial score (nSPS) is 15.5. The Labute approximate surface area is 208 Å². The van der Waals surface area contributed by atoms with E-state index in [1.54, 1.807) is 24.3 Å². The number of H-pyrrole nitrogens is 1. The number of hydrogen-bond acceptors (Lipinski definition) is 4. The van der Waals surface area contributed by atoms with Crippen LogP contribution in [0.1, 0.15) is 18.4 Å². The molecule has 7 nitrogen and oxygen atoms in total. The van der Waals surface area contributed by atoms with Gasteiger partial charge >= 0.3 is 5.69 Å². The molecule has 4 aromatic rings. The third-order valence-corrected chi connectivity index (χ3v) is 8.80. The van der Waals surface area contributed by atoms with Gasteiger partial charge in [-0.25, -0.2) is 17.8 Å². The lowest BCUT2D eigenvalue weighted by Gasteiger charge is -2.31. The quantitative estimate of drug-likeness (QED) is 0.424. The van der Waals surface area contributed by atoms with Gasteiger partial charge < -0.3 is 4.98 Å². The molecule has 0 unspecified atom stereocenters. The Bertz CT molecular complexity index is 1610. The first-order chi connectivity index (χ1) is 16.8. The number of nitrogens with zero attached hydrogens (tertiary/aromatic N) is 2. The van der Waals surface area contributed by atoms with E-state index in [2.05, 4.69) is 17.1 Å². The number of hydrogen-bond donors (Lipinski definition) is 2. The predicted octanol–water partition coefficient (Wildman–Crippen LogP) is 4.10. The summed E-state index contributed by atoms with van der Waals surface area (Å²) in [7, 11) is -3.79. The first kappa shape index (κ1) is 23.5. The number of sulfonamides is 1. The van der Waals surface area contributed by atoms with Crippen molar-refractivity contribution in [2.75, 3.05) is 13.1 Å². The van der Waals surface area contributed by atoms with Gasteiger partial charge in [-0.2, -0.15) is 4.31 Å². The van der Waals surface area contributed by atoms with E-state index in [1.165, 1.54) is 28.1 Å². The molecule has 1 saturated heterocycles. The summed E-state index contributed by atoms with van der Waals surface area (Å²) in [6.07, 6.45) is 2.50. The summed E-state index contributed by atoms with van der Waals surface area (Å²) in [6, 6.07) is 21.5. The fourth-order valence-corrected chi connectivity index (χ4v) is 6.39. The number of halogens is 1. The maximum atomic E-state index is 13.5. The second-order valence-corrected chi connectivity index (χ2v) is 11.2. The number of rotatable bonds is 5. The van der Waals surface area contributed by atoms with Crippen molar-refractivity contribution < 1.29 is 8.42 Å². The standard InChI is InChI=1S/C26H25ClN4O3S/c27-22-11-10-20(17-24(22)31-25(28)21-8-4-5-9-23(21)29-26(31)32)35(33,34)30-14-12-19(13-15-30)16-18-6-2-1-3-7-18/h1-11,17,19,28H,12-16H2,(H,29,32). The van der Waals surface area contributed by atoms with Gasteiger partial charge in [-0.05, 0) is 61.1 Å². The molecule has 0 radical (unpaired) electrons. The van der Waals surface area contributed by atoms with Crippen LogP contribution in [0.5, 0.6) is 0 Å². The smallest absolute Gasteiger partial charge is 0.306 e. The minimum absolute atomic E-state index is 0.0536. The zero-order valence-electron chi connectivity index (χ0n) is 18.9. The van der Waals surface area contributed by atoms with Crippen molar-refractivity contribution in [1.82, 2.24) is 13.9 Å². The van der Waals surface area contributed by atoms with E-state index >= 15 is 0 Å². The van der Waals surface area contributed by atoms with Gasteiger partial charge in [-0.3, -0.25) is 5.41 Å². The number of benzene rings is 3. The van der Waals surface area contributed by atoms with Gasteiger partial charge in [0.15, 0.2) is 0 Å². The van der Waals surface area contributed by atoms with Crippen LogP contribution in [0.2, 0.25) is 5.02 Å². The largest absolute Gasteiger partial charge is 0.332 e. The van der Waals surface area contributed by atoms with E-state index < -0.39 is 15.7 Å². The van der Waals surface area contributed by atoms with Gasteiger partial charge in [0.25, 0.3) is 0 Å². The highest BCUT2D eigenvalue weighted by Crippen LogP contribution is 2.29. The van der Waals surface area contributed by atoms with Gasteiger partial charge in [0.05, 0.1) is 21.1 Å². The maximum Gasteiger partial charge on any atom is 0.332 e. The molecule has 180 valence electrons. The predicted molar refractivity (Wildman–Crippen MR) is 136 cm³/mol. The molecule has 5 rings (SSSR count). The summed E-state index contributed by atoms with van der Waals surface area (Å²) in [5, 5.41) is 9.29. The highest BCUT2D eigenvalue weighted by Gasteiger charge is 2.30. The fourth-order valence-electron chi connectivity index (χ4n) is 4.70. The number of fused-ring (bicyclic) bond motifs is 1. The summed E-state index contributed by atoms with van der Waals surface area (Å²) >= 11 is 6.39. The molecule has 0 bridgehead atoms. The molecule has 1 fully saturated rings. The molecule has 1 aliphatic heterocycles. The average Bonchev–Trinajstić information content (AvgIpc) is 2.86. The lowest BCUT2D eigenvalue weighted by molar-refractivity contribution is 0.273. The zero-order valence-corrected chi connectivity index (χ0v) is 20.5. The molecule has 0 amide bonds. The fraction of sp³-hybridized carbons (Fsp3) is 0.231. The van der Waals surface area contributed by atoms with Crippen LogP contribution in [0.25, 0.3) is 16.6 Å². The third-order valence-electron chi connectivity index (χ3n) is 6.59. The van der Waals surface area contributed by atoms with Crippen LogP contribution in [0, 0.1) is 11.3 Å². The van der Waals surface area contributed by atoms with E-state index in [1.807, 2.05) is 18.2 Å². The second kappa shape index (κ2) is 9.45. The van der Waals surface area contributed by atoms with Crippen molar-refractivity contribution >= 4 is 32.5 Å². The van der Waals surface area contributed by atoms with E-state index in [0.717, 1.165) is 23.8 Å². The summed E-state index contributed by atoms with van der Waals surface area (Å²) in [4.78, 5) is 15.6. The van der Waals surface area contributed by atoms with Crippen LogP contribution in [0.3, 0.4) is 0 Å². The molecule has 0 atom stereocenters. The third kappa shape index (κ3) is 4.57. The lowest BCUT2D eigenvalue weighted by atomic mass is 9.91. The van der Waals surface area contributed by atoms with Crippen molar-refractivity contribution in [2.45, 2.75) is 24.2 Å². The molecule has 0 saturated carbocycles. The maximum absolute atomic E-state index is 13.5. The monoisotopic (exact) mass is 508 g/mol. The number of para-hydroxylation sites is 1. The Morgan fingerprint density at radius 3 is 2.40 bits per heavy atom. The Morgan fingerprint density at radius 1 is 0.971 bits per heavy atom. The summed E-state index contributed by atoms with van der Waals surface area (Å²) in [5.41, 5.74) is 1.31. The van der Waals surface area contributed by atoms with E-state index in [9.17, 15) is 13.2 Å². The van der Waals surface area contributed by atoms with Crippen molar-refractivity contribution in [3.63, 3.8) is 0 Å². The van der Waals surface area contributed by atoms with Gasteiger partial charge in [0.2, 0.25) is 10.0 Å². The Hall–Kier alpha value is -3.20. The minimum atomic E-state index is -3.79. The topological polar surface area (TPSA) is 99.0 Å². The van der Waals surface area contributed by atoms with Crippen molar-refractivity contribution in [1.29, 1.82) is 5.41 Å². The van der Waals surface area contributed by atoms with E-state index in [-0.39, 0.29) is 21.1 Å². The molecule has 1 aliphatic rings. The number of aromatic amines is 1. The molecule has 3 aromatic carbocycles. The Morgan fingerprint density at radius 2 is 1.66 bits per heavy atom. The lowest BCUT2D eigenvalue weighted by Crippen LogP contribution is -2.39. The van der Waals surface area contributed by atoms with Gasteiger partial charge in [-0.15, -0.1) is 0 Å². The number of aromatic nitrogens is 2. The first-order valence-corrected chi connectivity index (χ1v) is 13.3. The van der Waals surface area contributed by atoms with Crippen LogP contribution >= 0.6 is 11.6 Å². The molecule has 9 heteroatoms. The van der Waals surface area contributed by atoms with Crippen LogP contribution in [0.4, 0.5) is 0 Å². The number of nitrogens with one attached hydrogen (secondary N) is 2. The van der Waals surface area contributed by atoms with Crippen LogP contribution < -0.4 is 11.2 Å². The number of piperidine rings is 1. The van der Waals surface area contributed by atoms with Crippen molar-refractivity contribution in [3.8, 4) is 5.69 Å². The average molecular weight is 509 g/mol. The van der Waals surface area contributed by atoms with Crippen LogP contribution in [-0.4, -0.2) is 35.4 Å². The van der Waals surface area contributed by atoms with E-state index in [0.29, 0.717) is 29.9 Å². The Kier molecular flexibility index (Phi) is 6.35. The molecule has 0 spiro atoms. The summed E-state index contributed by atoms with van der Waals surface area (Å²) in [6.45, 7) is 0.871. The minimum Gasteiger partial charge on any atom is -0.306 e. The molecular weight excluding hydrogens is 484 g/mol. The summed E-state index contributed by atoms with van der Waals surface area (Å²) < 4.78 is 29.5. The van der Waals surface area contributed by atoms with Crippen molar-refractivity contribution in [2.24, 2.45) is 5.92 Å². The molecule has 0 aliphatic carbocycles. The highest BCUT2D eigenvalue weighted by atomic mass is 35.5. The highest BCUT2D eigenvalue weighted by molar-refractivity contribution is 7.89. The molecule has 1 aromatic heterocycles. The van der Waals surface area contributed by atoms with E-state index in [4.69, 9.17) is 17.0 Å².